The van der Waals surface area contributed by atoms with E-state index in [0.717, 1.165) is 6.41 Å². The van der Waals surface area contributed by atoms with Crippen molar-refractivity contribution >= 4 is 6.41 Å². The Labute approximate surface area is 84.2 Å². The van der Waals surface area contributed by atoms with Crippen LogP contribution in [-0.2, 0) is 4.79 Å². The Kier molecular flexibility index (Phi) is 14.3. The average molecular weight is 359 g/mol. The van der Waals surface area contributed by atoms with E-state index in [1.54, 1.807) is 0 Å². The van der Waals surface area contributed by atoms with Gasteiger partial charge in [-0.15, -0.1) is 0 Å². The molecular weight excluding hydrogens is 352 g/mol. The van der Waals surface area contributed by atoms with E-state index in [1.165, 1.54) is 0 Å². The number of hydrogen-bond donors (Lipinski definition) is 1. The van der Waals surface area contributed by atoms with Crippen LogP contribution in [0.5, 0.6) is 0 Å². The summed E-state index contributed by atoms with van der Waals surface area (Å²) in [4.78, 5) is 8.46. The molecule has 0 aliphatic carbocycles. The van der Waals surface area contributed by atoms with E-state index < -0.39 is 0 Å². The molecule has 0 unspecified atom stereocenters. The SMILES string of the molecule is N[C-]=O.[U+2].[c-]1ccccc1. The van der Waals surface area contributed by atoms with Crippen LogP contribution in [0.3, 0.4) is 0 Å². The van der Waals surface area contributed by atoms with Gasteiger partial charge in [0.2, 0.25) is 0 Å². The van der Waals surface area contributed by atoms with Crippen LogP contribution in [-0.4, -0.2) is 6.41 Å². The molecule has 0 saturated carbocycles. The van der Waals surface area contributed by atoms with Crippen LogP contribution in [0.1, 0.15) is 0 Å². The summed E-state index contributed by atoms with van der Waals surface area (Å²) in [7, 11) is 0. The summed E-state index contributed by atoms with van der Waals surface area (Å²) in [5.74, 6) is 0. The number of rotatable bonds is 0. The van der Waals surface area contributed by atoms with Crippen molar-refractivity contribution in [1.82, 2.24) is 0 Å². The van der Waals surface area contributed by atoms with Gasteiger partial charge in [-0.05, 0) is 0 Å². The van der Waals surface area contributed by atoms with Crippen LogP contribution in [0.2, 0.25) is 0 Å². The molecule has 50 valence electrons. The predicted molar refractivity (Wildman–Crippen MR) is 35.2 cm³/mol. The molecule has 1 aromatic carbocycles. The largest absolute Gasteiger partial charge is 2.00 e. The van der Waals surface area contributed by atoms with Gasteiger partial charge in [0.15, 0.2) is 0 Å². The molecule has 0 aromatic heterocycles. The molecule has 3 heteroatoms. The zero-order chi connectivity index (χ0) is 6.95. The topological polar surface area (TPSA) is 43.1 Å². The van der Waals surface area contributed by atoms with E-state index in [-0.39, 0.29) is 31.1 Å². The zero-order valence-corrected chi connectivity index (χ0v) is 9.54. The molecule has 10 heavy (non-hydrogen) atoms. The van der Waals surface area contributed by atoms with Crippen LogP contribution < -0.4 is 5.73 Å². The molecule has 0 heterocycles. The minimum atomic E-state index is 0. The van der Waals surface area contributed by atoms with Gasteiger partial charge in [-0.2, -0.15) is 42.8 Å². The number of hydrogen-bond acceptors (Lipinski definition) is 1. The molecule has 0 bridgehead atoms. The Balaban J connectivity index is 0. The predicted octanol–water partition coefficient (Wildman–Crippen LogP) is 0.499. The second-order valence-electron chi connectivity index (χ2n) is 1.20. The van der Waals surface area contributed by atoms with Gasteiger partial charge in [-0.1, -0.05) is 0 Å². The Morgan fingerprint density at radius 3 is 1.70 bits per heavy atom. The molecule has 2 N–H and O–H groups in total. The Bertz CT molecular complexity index is 117. The van der Waals surface area contributed by atoms with Gasteiger partial charge in [-0.3, -0.25) is 0 Å². The summed E-state index contributed by atoms with van der Waals surface area (Å²) in [6.07, 6.45) is 1.00. The smallest absolute Gasteiger partial charge is 0.543 e. The van der Waals surface area contributed by atoms with Crippen LogP contribution in [0.25, 0.3) is 0 Å². The van der Waals surface area contributed by atoms with Crippen molar-refractivity contribution in [2.24, 2.45) is 5.73 Å². The van der Waals surface area contributed by atoms with E-state index in [0.29, 0.717) is 0 Å². The summed E-state index contributed by atoms with van der Waals surface area (Å²) >= 11 is 0. The minimum absolute atomic E-state index is 0. The fourth-order valence-electron chi connectivity index (χ4n) is 0.342. The Morgan fingerprint density at radius 2 is 1.60 bits per heavy atom. The van der Waals surface area contributed by atoms with Crippen molar-refractivity contribution in [3.05, 3.63) is 36.4 Å². The molecule has 0 aliphatic rings. The normalized spacial score (nSPS) is 6.00. The standard InChI is InChI=1S/C6H5.CH2NO.U/c1-2-4-6-5-3-1;2-1-3;/h1-5H;(H2,2,3);/q2*-1;+2. The second-order valence-corrected chi connectivity index (χ2v) is 1.20. The third-order valence-electron chi connectivity index (χ3n) is 0.607. The van der Waals surface area contributed by atoms with Crippen molar-refractivity contribution in [1.29, 1.82) is 0 Å². The molecule has 0 radical (unpaired) electrons. The number of primary amides is 1. The van der Waals surface area contributed by atoms with E-state index in [4.69, 9.17) is 4.79 Å². The minimum Gasteiger partial charge on any atom is -0.543 e. The molecule has 1 rings (SSSR count). The molecule has 2 nitrogen and oxygen atoms in total. The van der Waals surface area contributed by atoms with Crippen molar-refractivity contribution < 1.29 is 35.9 Å². The molecule has 1 amide bonds. The molecule has 1 aromatic rings. The summed E-state index contributed by atoms with van der Waals surface area (Å²) in [5, 5.41) is 0. The third kappa shape index (κ3) is 10.7. The summed E-state index contributed by atoms with van der Waals surface area (Å²) in [6, 6.07) is 12.5. The van der Waals surface area contributed by atoms with Crippen LogP contribution in [0.4, 0.5) is 0 Å². The zero-order valence-electron chi connectivity index (χ0n) is 5.37. The van der Waals surface area contributed by atoms with Gasteiger partial charge in [0.1, 0.15) is 0 Å². The van der Waals surface area contributed by atoms with Gasteiger partial charge >= 0.3 is 31.1 Å². The van der Waals surface area contributed by atoms with Crippen molar-refractivity contribution in [3.8, 4) is 0 Å². The maximum atomic E-state index is 8.46. The van der Waals surface area contributed by atoms with Gasteiger partial charge in [0, 0.05) is 0 Å². The average Bonchev–Trinajstić information content (AvgIpc) is 1.93. The quantitative estimate of drug-likeness (QED) is 0.532. The summed E-state index contributed by atoms with van der Waals surface area (Å²) < 4.78 is 0. The first-order valence-corrected chi connectivity index (χ1v) is 2.40. The third-order valence-corrected chi connectivity index (χ3v) is 0.607. The maximum absolute atomic E-state index is 8.46. The van der Waals surface area contributed by atoms with Crippen molar-refractivity contribution in [2.45, 2.75) is 0 Å². The van der Waals surface area contributed by atoms with Crippen LogP contribution in [0, 0.1) is 37.2 Å². The fourth-order valence-corrected chi connectivity index (χ4v) is 0.342. The maximum Gasteiger partial charge on any atom is 2.00 e. The van der Waals surface area contributed by atoms with Gasteiger partial charge < -0.3 is 10.5 Å². The Hall–Kier alpha value is -0.258. The van der Waals surface area contributed by atoms with E-state index >= 15 is 0 Å². The van der Waals surface area contributed by atoms with Crippen LogP contribution >= 0.6 is 0 Å². The Morgan fingerprint density at radius 1 is 1.20 bits per heavy atom. The fraction of sp³-hybridized carbons (Fsp3) is 0. The van der Waals surface area contributed by atoms with E-state index in [2.05, 4.69) is 11.8 Å². The van der Waals surface area contributed by atoms with Crippen LogP contribution in [0.15, 0.2) is 30.3 Å². The van der Waals surface area contributed by atoms with Gasteiger partial charge in [0.05, 0.1) is 0 Å². The monoisotopic (exact) mass is 359 g/mol. The number of benzene rings is 1. The first kappa shape index (κ1) is 12.4. The van der Waals surface area contributed by atoms with Crippen molar-refractivity contribution in [2.75, 3.05) is 0 Å². The molecule has 0 fully saturated rings. The first-order chi connectivity index (χ1) is 4.41. The molecule has 0 spiro atoms. The number of amides is 1. The summed E-state index contributed by atoms with van der Waals surface area (Å²) in [5.41, 5.74) is 4.04. The number of carbonyl (C=O) groups excluding carboxylic acids is 1. The molecular formula is C7H7NOU. The van der Waals surface area contributed by atoms with E-state index in [9.17, 15) is 0 Å². The first-order valence-electron chi connectivity index (χ1n) is 2.40. The number of nitrogens with two attached hydrogens (primary N) is 1. The van der Waals surface area contributed by atoms with Crippen molar-refractivity contribution in [3.63, 3.8) is 0 Å². The molecule has 0 atom stereocenters. The molecule has 0 aliphatic heterocycles. The van der Waals surface area contributed by atoms with Gasteiger partial charge in [0.25, 0.3) is 0 Å². The second kappa shape index (κ2) is 11.5. The van der Waals surface area contributed by atoms with E-state index in [1.807, 2.05) is 30.3 Å². The summed E-state index contributed by atoms with van der Waals surface area (Å²) in [6.45, 7) is 0. The van der Waals surface area contributed by atoms with Gasteiger partial charge in [-0.25, -0.2) is 0 Å². The molecule has 0 saturated heterocycles.